The number of aromatic nitrogens is 1. The molecule has 5 heteroatoms. The van der Waals surface area contributed by atoms with Gasteiger partial charge in [-0.25, -0.2) is 4.98 Å². The molecule has 1 N–H and O–H groups in total. The molecule has 1 heterocycles. The third-order valence-corrected chi connectivity index (χ3v) is 3.27. The summed E-state index contributed by atoms with van der Waals surface area (Å²) in [6.45, 7) is 3.22. The van der Waals surface area contributed by atoms with Crippen molar-refractivity contribution in [3.05, 3.63) is 41.4 Å². The molecule has 0 amide bonds. The Kier molecular flexibility index (Phi) is 5.17. The van der Waals surface area contributed by atoms with Gasteiger partial charge in [0.05, 0.1) is 18.8 Å². The van der Waals surface area contributed by atoms with Gasteiger partial charge in [-0.2, -0.15) is 0 Å². The van der Waals surface area contributed by atoms with Gasteiger partial charge in [0.15, 0.2) is 5.76 Å². The van der Waals surface area contributed by atoms with Crippen LogP contribution in [0.1, 0.15) is 19.2 Å². The second-order valence-electron chi connectivity index (χ2n) is 5.00. The molecule has 0 fully saturated rings. The molecule has 108 valence electrons. The molecule has 0 bridgehead atoms. The summed E-state index contributed by atoms with van der Waals surface area (Å²) < 4.78 is 5.73. The van der Waals surface area contributed by atoms with Crippen LogP contribution in [0.2, 0.25) is 5.02 Å². The van der Waals surface area contributed by atoms with E-state index in [0.717, 1.165) is 24.3 Å². The highest BCUT2D eigenvalue weighted by Crippen LogP contribution is 2.22. The predicted molar refractivity (Wildman–Crippen MR) is 79.6 cm³/mol. The topological polar surface area (TPSA) is 49.5 Å². The molecule has 4 nitrogen and oxygen atoms in total. The lowest BCUT2D eigenvalue weighted by atomic mass is 10.2. The molecule has 0 saturated heterocycles. The molecule has 0 spiro atoms. The first-order valence-electron chi connectivity index (χ1n) is 6.62. The molecular formula is C15H19ClN2O2. The van der Waals surface area contributed by atoms with Crippen LogP contribution in [-0.4, -0.2) is 34.7 Å². The van der Waals surface area contributed by atoms with Crippen LogP contribution in [-0.2, 0) is 6.54 Å². The van der Waals surface area contributed by atoms with Crippen molar-refractivity contribution in [2.45, 2.75) is 26.0 Å². The van der Waals surface area contributed by atoms with Crippen molar-refractivity contribution in [2.24, 2.45) is 0 Å². The van der Waals surface area contributed by atoms with E-state index in [4.69, 9.17) is 16.0 Å². The highest BCUT2D eigenvalue weighted by molar-refractivity contribution is 6.30. The predicted octanol–water partition coefficient (Wildman–Crippen LogP) is 3.20. The molecule has 0 radical (unpaired) electrons. The maximum absolute atomic E-state index is 9.27. The third kappa shape index (κ3) is 4.34. The Morgan fingerprint density at radius 3 is 2.70 bits per heavy atom. The maximum Gasteiger partial charge on any atom is 0.209 e. The molecule has 0 aliphatic rings. The largest absolute Gasteiger partial charge is 0.439 e. The first kappa shape index (κ1) is 15.0. The van der Waals surface area contributed by atoms with Crippen LogP contribution in [0, 0.1) is 0 Å². The summed E-state index contributed by atoms with van der Waals surface area (Å²) >= 11 is 5.86. The number of benzene rings is 1. The molecule has 20 heavy (non-hydrogen) atoms. The fourth-order valence-electron chi connectivity index (χ4n) is 1.85. The van der Waals surface area contributed by atoms with Crippen LogP contribution in [0.15, 0.2) is 34.9 Å². The lowest BCUT2D eigenvalue weighted by Crippen LogP contribution is -2.22. The summed E-state index contributed by atoms with van der Waals surface area (Å²) in [6.07, 6.45) is 2.18. The van der Waals surface area contributed by atoms with Crippen molar-refractivity contribution < 1.29 is 9.52 Å². The molecule has 1 aromatic heterocycles. The van der Waals surface area contributed by atoms with Gasteiger partial charge in [0.2, 0.25) is 5.89 Å². The number of aliphatic hydroxyl groups excluding tert-OH is 1. The third-order valence-electron chi connectivity index (χ3n) is 3.02. The molecule has 1 atom stereocenters. The van der Waals surface area contributed by atoms with Crippen LogP contribution >= 0.6 is 11.6 Å². The van der Waals surface area contributed by atoms with Gasteiger partial charge in [-0.1, -0.05) is 11.6 Å². The Labute approximate surface area is 124 Å². The highest BCUT2D eigenvalue weighted by atomic mass is 35.5. The molecule has 2 aromatic rings. The van der Waals surface area contributed by atoms with Gasteiger partial charge in [-0.05, 0) is 44.7 Å². The number of aliphatic hydroxyl groups is 1. The zero-order valence-corrected chi connectivity index (χ0v) is 12.5. The summed E-state index contributed by atoms with van der Waals surface area (Å²) in [5.74, 6) is 1.41. The van der Waals surface area contributed by atoms with E-state index in [9.17, 15) is 5.11 Å². The summed E-state index contributed by atoms with van der Waals surface area (Å²) in [5, 5.41) is 9.97. The average Bonchev–Trinajstić information content (AvgIpc) is 2.85. The quantitative estimate of drug-likeness (QED) is 0.889. The lowest BCUT2D eigenvalue weighted by molar-refractivity contribution is 0.160. The second-order valence-corrected chi connectivity index (χ2v) is 5.44. The van der Waals surface area contributed by atoms with Crippen LogP contribution in [0.3, 0.4) is 0 Å². The smallest absolute Gasteiger partial charge is 0.209 e. The molecule has 0 aliphatic carbocycles. The monoisotopic (exact) mass is 294 g/mol. The maximum atomic E-state index is 9.27. The lowest BCUT2D eigenvalue weighted by Gasteiger charge is -2.15. The van der Waals surface area contributed by atoms with E-state index < -0.39 is 0 Å². The summed E-state index contributed by atoms with van der Waals surface area (Å²) in [4.78, 5) is 6.35. The Balaban J connectivity index is 1.96. The standard InChI is InChI=1S/C15H19ClN2O2/c1-11(19)7-8-18(2)10-15-17-9-14(20-15)12-3-5-13(16)6-4-12/h3-6,9,11,19H,7-8,10H2,1-2H3. The van der Waals surface area contributed by atoms with Crippen molar-refractivity contribution in [3.63, 3.8) is 0 Å². The van der Waals surface area contributed by atoms with Crippen molar-refractivity contribution in [1.82, 2.24) is 9.88 Å². The first-order chi connectivity index (χ1) is 9.54. The number of hydrogen-bond acceptors (Lipinski definition) is 4. The normalized spacial score (nSPS) is 12.8. The van der Waals surface area contributed by atoms with E-state index in [1.54, 1.807) is 13.1 Å². The van der Waals surface area contributed by atoms with Crippen molar-refractivity contribution >= 4 is 11.6 Å². The first-order valence-corrected chi connectivity index (χ1v) is 6.99. The SMILES string of the molecule is CC(O)CCN(C)Cc1ncc(-c2ccc(Cl)cc2)o1. The van der Waals surface area contributed by atoms with Gasteiger partial charge in [-0.15, -0.1) is 0 Å². The van der Waals surface area contributed by atoms with E-state index in [0.29, 0.717) is 17.5 Å². The number of halogens is 1. The number of nitrogens with zero attached hydrogens (tertiary/aromatic N) is 2. The molecule has 0 saturated carbocycles. The van der Waals surface area contributed by atoms with E-state index in [-0.39, 0.29) is 6.10 Å². The Morgan fingerprint density at radius 2 is 2.05 bits per heavy atom. The average molecular weight is 295 g/mol. The zero-order valence-electron chi connectivity index (χ0n) is 11.7. The number of oxazole rings is 1. The fraction of sp³-hybridized carbons (Fsp3) is 0.400. The number of rotatable bonds is 6. The van der Waals surface area contributed by atoms with Crippen molar-refractivity contribution in [2.75, 3.05) is 13.6 Å². The minimum atomic E-state index is -0.286. The molecule has 1 unspecified atom stereocenters. The van der Waals surface area contributed by atoms with Crippen LogP contribution < -0.4 is 0 Å². The Morgan fingerprint density at radius 1 is 1.35 bits per heavy atom. The van der Waals surface area contributed by atoms with Gasteiger partial charge < -0.3 is 9.52 Å². The highest BCUT2D eigenvalue weighted by Gasteiger charge is 2.09. The second kappa shape index (κ2) is 6.88. The minimum absolute atomic E-state index is 0.286. The van der Waals surface area contributed by atoms with Crippen LogP contribution in [0.25, 0.3) is 11.3 Å². The van der Waals surface area contributed by atoms with Gasteiger partial charge in [0.1, 0.15) is 0 Å². The molecule has 1 aromatic carbocycles. The van der Waals surface area contributed by atoms with E-state index in [1.807, 2.05) is 31.3 Å². The van der Waals surface area contributed by atoms with Crippen LogP contribution in [0.4, 0.5) is 0 Å². The molecular weight excluding hydrogens is 276 g/mol. The fourth-order valence-corrected chi connectivity index (χ4v) is 1.97. The molecule has 0 aliphatic heterocycles. The van der Waals surface area contributed by atoms with Crippen LogP contribution in [0.5, 0.6) is 0 Å². The zero-order chi connectivity index (χ0) is 14.5. The molecule has 2 rings (SSSR count). The van der Waals surface area contributed by atoms with Crippen molar-refractivity contribution in [3.8, 4) is 11.3 Å². The van der Waals surface area contributed by atoms with Crippen molar-refractivity contribution in [1.29, 1.82) is 0 Å². The van der Waals surface area contributed by atoms with Gasteiger partial charge in [-0.3, -0.25) is 4.90 Å². The summed E-state index contributed by atoms with van der Waals surface area (Å²) in [6, 6.07) is 7.47. The number of hydrogen-bond donors (Lipinski definition) is 1. The summed E-state index contributed by atoms with van der Waals surface area (Å²) in [7, 11) is 1.98. The van der Waals surface area contributed by atoms with E-state index >= 15 is 0 Å². The van der Waals surface area contributed by atoms with E-state index in [1.165, 1.54) is 0 Å². The Hall–Kier alpha value is -1.36. The van der Waals surface area contributed by atoms with Gasteiger partial charge in [0, 0.05) is 17.1 Å². The Bertz CT molecular complexity index is 537. The van der Waals surface area contributed by atoms with Gasteiger partial charge >= 0.3 is 0 Å². The van der Waals surface area contributed by atoms with Gasteiger partial charge in [0.25, 0.3) is 0 Å². The van der Waals surface area contributed by atoms with E-state index in [2.05, 4.69) is 9.88 Å². The minimum Gasteiger partial charge on any atom is -0.439 e. The summed E-state index contributed by atoms with van der Waals surface area (Å²) in [5.41, 5.74) is 0.958.